The summed E-state index contributed by atoms with van der Waals surface area (Å²) in [6, 6.07) is 0. The van der Waals surface area contributed by atoms with Crippen molar-refractivity contribution in [2.75, 3.05) is 14.2 Å². The normalized spacial score (nSPS) is 50.3. The molecule has 6 rings (SSSR count). The molecule has 0 aromatic heterocycles. The number of rotatable bonds is 14. The summed E-state index contributed by atoms with van der Waals surface area (Å²) in [7, 11) is -2.42. The van der Waals surface area contributed by atoms with Gasteiger partial charge in [0.25, 0.3) is 0 Å². The Balaban J connectivity index is 0.00000704. The van der Waals surface area contributed by atoms with Gasteiger partial charge in [-0.1, -0.05) is 34.6 Å². The first-order valence-electron chi connectivity index (χ1n) is 21.7. The molecule has 4 saturated carbocycles. The van der Waals surface area contributed by atoms with Crippen LogP contribution in [0.1, 0.15) is 93.4 Å². The maximum absolute atomic E-state index is 12.7. The second-order valence-corrected chi connectivity index (χ2v) is 20.8. The Kier molecular flexibility index (Phi) is 16.7. The summed E-state index contributed by atoms with van der Waals surface area (Å²) in [6.07, 6.45) is -15.8. The van der Waals surface area contributed by atoms with Gasteiger partial charge in [-0.3, -0.25) is 4.18 Å². The molecule has 8 N–H and O–H groups in total. The summed E-state index contributed by atoms with van der Waals surface area (Å²) in [5, 5.41) is 91.9. The Morgan fingerprint density at radius 2 is 1.41 bits per heavy atom. The Morgan fingerprint density at radius 1 is 0.787 bits per heavy atom. The number of hydrogen-bond acceptors (Lipinski definition) is 18. The van der Waals surface area contributed by atoms with E-state index in [9.17, 15) is 53.8 Å². The van der Waals surface area contributed by atoms with E-state index in [4.69, 9.17) is 28.4 Å². The topological polar surface area (TPSA) is 284 Å². The van der Waals surface area contributed by atoms with Crippen LogP contribution in [0.25, 0.3) is 0 Å². The first-order chi connectivity index (χ1) is 27.9. The van der Waals surface area contributed by atoms with Crippen molar-refractivity contribution in [2.24, 2.45) is 46.3 Å². The minimum absolute atomic E-state index is 0. The van der Waals surface area contributed by atoms with Crippen molar-refractivity contribution >= 4 is 10.4 Å². The second-order valence-electron chi connectivity index (χ2n) is 19.8. The van der Waals surface area contributed by atoms with Crippen molar-refractivity contribution in [1.82, 2.24) is 0 Å². The van der Waals surface area contributed by atoms with E-state index < -0.39 is 143 Å². The fourth-order valence-electron chi connectivity index (χ4n) is 13.2. The van der Waals surface area contributed by atoms with Gasteiger partial charge < -0.3 is 73.8 Å². The molecule has 350 valence electrons. The molecule has 0 aromatic rings. The van der Waals surface area contributed by atoms with Crippen LogP contribution in [0.15, 0.2) is 0 Å². The van der Waals surface area contributed by atoms with E-state index in [1.165, 1.54) is 21.1 Å². The molecule has 61 heavy (non-hydrogen) atoms. The maximum atomic E-state index is 12.7. The van der Waals surface area contributed by atoms with Gasteiger partial charge >= 0.3 is 29.6 Å². The van der Waals surface area contributed by atoms with Crippen LogP contribution in [0.2, 0.25) is 0 Å². The first kappa shape index (κ1) is 52.3. The van der Waals surface area contributed by atoms with Crippen LogP contribution in [-0.2, 0) is 43.0 Å². The number of methoxy groups -OCH3 is 2. The summed E-state index contributed by atoms with van der Waals surface area (Å²) in [5.74, 6) is -2.43. The molecule has 6 aliphatic rings. The summed E-state index contributed by atoms with van der Waals surface area (Å²) in [4.78, 5) is 0. The van der Waals surface area contributed by atoms with Crippen LogP contribution in [-0.4, -0.2) is 172 Å². The van der Waals surface area contributed by atoms with Crippen molar-refractivity contribution in [1.29, 1.82) is 0 Å². The number of aliphatic hydroxyl groups excluding tert-OH is 7. The van der Waals surface area contributed by atoms with Crippen LogP contribution < -0.4 is 29.6 Å². The molecule has 6 fully saturated rings. The van der Waals surface area contributed by atoms with Gasteiger partial charge in [-0.25, -0.2) is 8.42 Å². The molecule has 2 aliphatic heterocycles. The van der Waals surface area contributed by atoms with E-state index in [0.29, 0.717) is 44.9 Å². The van der Waals surface area contributed by atoms with Gasteiger partial charge in [0.15, 0.2) is 12.6 Å². The average Bonchev–Trinajstić information content (AvgIpc) is 3.61. The van der Waals surface area contributed by atoms with Crippen LogP contribution in [0.5, 0.6) is 0 Å². The van der Waals surface area contributed by atoms with E-state index in [0.717, 1.165) is 0 Å². The van der Waals surface area contributed by atoms with Gasteiger partial charge in [-0.05, 0) is 93.3 Å². The number of fused-ring (bicyclic) bond motifs is 5. The summed E-state index contributed by atoms with van der Waals surface area (Å²) in [5.41, 5.74) is -3.28. The zero-order chi connectivity index (χ0) is 44.6. The molecule has 18 nitrogen and oxygen atoms in total. The van der Waals surface area contributed by atoms with Gasteiger partial charge in [-0.15, -0.1) is 0 Å². The van der Waals surface area contributed by atoms with Crippen LogP contribution >= 0.6 is 0 Å². The molecule has 0 radical (unpaired) electrons. The summed E-state index contributed by atoms with van der Waals surface area (Å²) in [6.45, 7) is 12.8. The zero-order valence-electron chi connectivity index (χ0n) is 37.2. The fourth-order valence-corrected chi connectivity index (χ4v) is 13.7. The first-order valence-corrected chi connectivity index (χ1v) is 23.0. The van der Waals surface area contributed by atoms with Gasteiger partial charge in [0.05, 0.1) is 36.6 Å². The van der Waals surface area contributed by atoms with E-state index in [1.54, 1.807) is 6.92 Å². The summed E-state index contributed by atoms with van der Waals surface area (Å²) >= 11 is 0. The number of ether oxygens (including phenoxy) is 6. The van der Waals surface area contributed by atoms with Crippen LogP contribution in [0, 0.1) is 46.3 Å². The maximum Gasteiger partial charge on any atom is 1.00 e. The Morgan fingerprint density at radius 3 is 2.00 bits per heavy atom. The molecule has 20 heteroatoms. The standard InChI is InChI=1S/C41H72O18S.Na/c1-17(2)24(56-38-34(30(47)32(57-38)20(5)59-60(50,51)52)58-37-33(54-9)29(46)31(53-8)19(4)55-37)11-10-18(3)21-16-23(43)35-39(21,6)15-13-25-40(7)14-12-22(42)27(44)26(40)28(45)36(48)41(25,35)49;/h17-38,42-49H,10-16H2,1-9H3,(H,50,51,52);/q;+1/p-1/t18-,19?,20-,21-,22+,23-,24+,25?,26?,27+,28-,29?,30?,31?,32?,33?,34?,35?,36-,37?,38?,39-,40-,41+;/m1./s1. The molecule has 24 atom stereocenters. The van der Waals surface area contributed by atoms with Gasteiger partial charge in [0.2, 0.25) is 10.4 Å². The molecule has 0 aromatic carbocycles. The molecule has 2 heterocycles. The van der Waals surface area contributed by atoms with Crippen molar-refractivity contribution in [3.05, 3.63) is 0 Å². The molecule has 0 bridgehead atoms. The van der Waals surface area contributed by atoms with Crippen LogP contribution in [0.3, 0.4) is 0 Å². The minimum Gasteiger partial charge on any atom is -0.726 e. The van der Waals surface area contributed by atoms with E-state index in [-0.39, 0.29) is 47.3 Å². The number of aliphatic hydroxyl groups is 8. The summed E-state index contributed by atoms with van der Waals surface area (Å²) < 4.78 is 75.1. The third-order valence-electron chi connectivity index (χ3n) is 16.1. The van der Waals surface area contributed by atoms with Crippen molar-refractivity contribution < 1.29 is 116 Å². The third-order valence-corrected chi connectivity index (χ3v) is 16.7. The van der Waals surface area contributed by atoms with Crippen LogP contribution in [0.4, 0.5) is 0 Å². The smallest absolute Gasteiger partial charge is 0.726 e. The van der Waals surface area contributed by atoms with Crippen molar-refractivity contribution in [3.8, 4) is 0 Å². The van der Waals surface area contributed by atoms with Gasteiger partial charge in [0.1, 0.15) is 54.4 Å². The van der Waals surface area contributed by atoms with Gasteiger partial charge in [0, 0.05) is 26.1 Å². The predicted octanol–water partition coefficient (Wildman–Crippen LogP) is -3.06. The second kappa shape index (κ2) is 19.5. The Hall–Kier alpha value is 0.310. The molecule has 2 saturated heterocycles. The molecule has 4 aliphatic carbocycles. The quantitative estimate of drug-likeness (QED) is 0.0488. The molecule has 0 spiro atoms. The molecule has 12 unspecified atom stereocenters. The number of hydrogen-bond donors (Lipinski definition) is 8. The zero-order valence-corrected chi connectivity index (χ0v) is 40.0. The van der Waals surface area contributed by atoms with Crippen molar-refractivity contribution in [2.45, 2.75) is 197 Å². The van der Waals surface area contributed by atoms with E-state index in [2.05, 4.69) is 11.1 Å². The molecular formula is C41H71NaO18S. The largest absolute Gasteiger partial charge is 1.00 e. The Labute approximate surface area is 382 Å². The fraction of sp³-hybridized carbons (Fsp3) is 1.00. The van der Waals surface area contributed by atoms with E-state index in [1.807, 2.05) is 27.7 Å². The Bertz CT molecular complexity index is 1580. The van der Waals surface area contributed by atoms with Gasteiger partial charge in [-0.2, -0.15) is 0 Å². The molecule has 0 amide bonds. The van der Waals surface area contributed by atoms with Crippen molar-refractivity contribution in [3.63, 3.8) is 0 Å². The average molecular weight is 907 g/mol. The monoisotopic (exact) mass is 906 g/mol. The predicted molar refractivity (Wildman–Crippen MR) is 208 cm³/mol. The third kappa shape index (κ3) is 9.32. The SMILES string of the molecule is COC1C(C)OC(OC2C(O[C@@H](CC[C@@H](C)[C@H]3C[C@@H](O)C4[C@@]5(O)C(CC[C@@]43C)[C@@]3(C)CC[C@H](O)[C@H](O)C3[C@@H](O)[C@H]5O)C(C)C)OC([C@@H](C)OS(=O)(=O)[O-])C2O)C(OC)C1O.[Na+]. The van der Waals surface area contributed by atoms with E-state index >= 15 is 0 Å². The molecular weight excluding hydrogens is 835 g/mol. The minimum atomic E-state index is -5.19.